The first-order chi connectivity index (χ1) is 7.93. The lowest BCUT2D eigenvalue weighted by atomic mass is 9.91. The van der Waals surface area contributed by atoms with Gasteiger partial charge in [-0.15, -0.1) is 0 Å². The summed E-state index contributed by atoms with van der Waals surface area (Å²) in [5.74, 6) is 0.700. The van der Waals surface area contributed by atoms with E-state index >= 15 is 0 Å². The molecule has 17 heavy (non-hydrogen) atoms. The Kier molecular flexibility index (Phi) is 2.69. The van der Waals surface area contributed by atoms with Gasteiger partial charge in [0.15, 0.2) is 5.43 Å². The van der Waals surface area contributed by atoms with Gasteiger partial charge in [0, 0.05) is 22.6 Å². The molecule has 0 atom stereocenters. The fourth-order valence-corrected chi connectivity index (χ4v) is 1.82. The van der Waals surface area contributed by atoms with Crippen LogP contribution < -0.4 is 10.2 Å². The first-order valence-electron chi connectivity index (χ1n) is 5.64. The average Bonchev–Trinajstić information content (AvgIpc) is 2.27. The van der Waals surface area contributed by atoms with E-state index in [0.717, 1.165) is 11.2 Å². The third-order valence-corrected chi connectivity index (χ3v) is 2.85. The molecule has 0 saturated heterocycles. The SMILES string of the molecule is COc1cccc2c(=O)cc(C(C)(C)C)[nH]c12. The van der Waals surface area contributed by atoms with E-state index in [-0.39, 0.29) is 10.8 Å². The highest BCUT2D eigenvalue weighted by Crippen LogP contribution is 2.25. The molecule has 0 amide bonds. The minimum atomic E-state index is -0.0891. The van der Waals surface area contributed by atoms with Crippen molar-refractivity contribution in [2.24, 2.45) is 0 Å². The molecule has 2 rings (SSSR count). The number of H-pyrrole nitrogens is 1. The molecule has 0 fully saturated rings. The topological polar surface area (TPSA) is 42.1 Å². The summed E-state index contributed by atoms with van der Waals surface area (Å²) in [6.45, 7) is 6.21. The number of rotatable bonds is 1. The van der Waals surface area contributed by atoms with Crippen LogP contribution in [-0.4, -0.2) is 12.1 Å². The van der Waals surface area contributed by atoms with Gasteiger partial charge in [0.25, 0.3) is 0 Å². The number of ether oxygens (including phenoxy) is 1. The highest BCUT2D eigenvalue weighted by molar-refractivity contribution is 5.84. The van der Waals surface area contributed by atoms with E-state index in [0.29, 0.717) is 11.1 Å². The maximum absolute atomic E-state index is 12.0. The molecule has 1 aromatic carbocycles. The molecule has 3 nitrogen and oxygen atoms in total. The standard InChI is InChI=1S/C14H17NO2/c1-14(2,3)12-8-10(16)9-6-5-7-11(17-4)13(9)15-12/h5-8H,1-4H3,(H,15,16). The van der Waals surface area contributed by atoms with E-state index in [2.05, 4.69) is 25.8 Å². The van der Waals surface area contributed by atoms with Gasteiger partial charge in [0.05, 0.1) is 12.6 Å². The van der Waals surface area contributed by atoms with Crippen LogP contribution in [0.15, 0.2) is 29.1 Å². The fraction of sp³-hybridized carbons (Fsp3) is 0.357. The number of aromatic amines is 1. The normalized spacial score (nSPS) is 11.8. The summed E-state index contributed by atoms with van der Waals surface area (Å²) < 4.78 is 5.28. The number of benzene rings is 1. The van der Waals surface area contributed by atoms with Crippen LogP contribution in [0.2, 0.25) is 0 Å². The van der Waals surface area contributed by atoms with E-state index < -0.39 is 0 Å². The zero-order valence-electron chi connectivity index (χ0n) is 10.6. The third kappa shape index (κ3) is 2.05. The number of hydrogen-bond acceptors (Lipinski definition) is 2. The predicted molar refractivity (Wildman–Crippen MR) is 69.8 cm³/mol. The van der Waals surface area contributed by atoms with Crippen molar-refractivity contribution in [3.8, 4) is 5.75 Å². The maximum Gasteiger partial charge on any atom is 0.189 e. The molecule has 90 valence electrons. The van der Waals surface area contributed by atoms with Gasteiger partial charge in [-0.2, -0.15) is 0 Å². The van der Waals surface area contributed by atoms with Crippen LogP contribution in [-0.2, 0) is 5.41 Å². The lowest BCUT2D eigenvalue weighted by Crippen LogP contribution is -2.17. The monoisotopic (exact) mass is 231 g/mol. The molecule has 0 radical (unpaired) electrons. The Morgan fingerprint density at radius 1 is 1.24 bits per heavy atom. The van der Waals surface area contributed by atoms with Crippen molar-refractivity contribution in [1.29, 1.82) is 0 Å². The lowest BCUT2D eigenvalue weighted by Gasteiger charge is -2.19. The number of hydrogen-bond donors (Lipinski definition) is 1. The number of aromatic nitrogens is 1. The van der Waals surface area contributed by atoms with E-state index in [1.165, 1.54) is 0 Å². The minimum absolute atomic E-state index is 0.0302. The second kappa shape index (κ2) is 3.91. The Morgan fingerprint density at radius 2 is 1.94 bits per heavy atom. The summed E-state index contributed by atoms with van der Waals surface area (Å²) in [6, 6.07) is 7.16. The molecule has 2 aromatic rings. The molecule has 0 bridgehead atoms. The molecular weight excluding hydrogens is 214 g/mol. The number of fused-ring (bicyclic) bond motifs is 1. The van der Waals surface area contributed by atoms with Gasteiger partial charge in [0.2, 0.25) is 0 Å². The van der Waals surface area contributed by atoms with Crippen molar-refractivity contribution in [3.05, 3.63) is 40.2 Å². The molecule has 0 saturated carbocycles. The third-order valence-electron chi connectivity index (χ3n) is 2.85. The van der Waals surface area contributed by atoms with Crippen molar-refractivity contribution < 1.29 is 4.74 Å². The molecule has 0 aliphatic heterocycles. The van der Waals surface area contributed by atoms with Crippen molar-refractivity contribution in [2.75, 3.05) is 7.11 Å². The highest BCUT2D eigenvalue weighted by atomic mass is 16.5. The van der Waals surface area contributed by atoms with Gasteiger partial charge in [-0.25, -0.2) is 0 Å². The molecule has 0 aliphatic carbocycles. The van der Waals surface area contributed by atoms with Crippen molar-refractivity contribution in [1.82, 2.24) is 4.98 Å². The first kappa shape index (κ1) is 11.7. The zero-order valence-corrected chi connectivity index (χ0v) is 10.6. The summed E-state index contributed by atoms with van der Waals surface area (Å²) in [4.78, 5) is 15.3. The van der Waals surface area contributed by atoms with Crippen LogP contribution in [0.3, 0.4) is 0 Å². The number of methoxy groups -OCH3 is 1. The highest BCUT2D eigenvalue weighted by Gasteiger charge is 2.17. The lowest BCUT2D eigenvalue weighted by molar-refractivity contribution is 0.418. The Bertz CT molecular complexity index is 606. The van der Waals surface area contributed by atoms with Crippen LogP contribution in [0, 0.1) is 0 Å². The summed E-state index contributed by atoms with van der Waals surface area (Å²) in [6.07, 6.45) is 0. The van der Waals surface area contributed by atoms with Gasteiger partial charge in [-0.05, 0) is 12.1 Å². The molecular formula is C14H17NO2. The second-order valence-corrected chi connectivity index (χ2v) is 5.18. The minimum Gasteiger partial charge on any atom is -0.495 e. The smallest absolute Gasteiger partial charge is 0.189 e. The van der Waals surface area contributed by atoms with Crippen molar-refractivity contribution in [3.63, 3.8) is 0 Å². The van der Waals surface area contributed by atoms with Crippen molar-refractivity contribution >= 4 is 10.9 Å². The summed E-state index contributed by atoms with van der Waals surface area (Å²) in [5.41, 5.74) is 1.63. The molecule has 0 spiro atoms. The summed E-state index contributed by atoms with van der Waals surface area (Å²) >= 11 is 0. The van der Waals surface area contributed by atoms with Crippen LogP contribution in [0.25, 0.3) is 10.9 Å². The van der Waals surface area contributed by atoms with E-state index in [4.69, 9.17) is 4.74 Å². The molecule has 1 N–H and O–H groups in total. The van der Waals surface area contributed by atoms with Gasteiger partial charge < -0.3 is 9.72 Å². The molecule has 1 heterocycles. The largest absolute Gasteiger partial charge is 0.495 e. The van der Waals surface area contributed by atoms with Crippen LogP contribution in [0.5, 0.6) is 5.75 Å². The Balaban J connectivity index is 2.84. The van der Waals surface area contributed by atoms with Gasteiger partial charge >= 0.3 is 0 Å². The predicted octanol–water partition coefficient (Wildman–Crippen LogP) is 2.83. The van der Waals surface area contributed by atoms with E-state index in [9.17, 15) is 4.79 Å². The second-order valence-electron chi connectivity index (χ2n) is 5.18. The fourth-order valence-electron chi connectivity index (χ4n) is 1.82. The van der Waals surface area contributed by atoms with E-state index in [1.807, 2.05) is 18.2 Å². The molecule has 0 unspecified atom stereocenters. The number of pyridine rings is 1. The Labute approximate surface area is 100 Å². The van der Waals surface area contributed by atoms with Gasteiger partial charge in [-0.1, -0.05) is 26.8 Å². The molecule has 0 aliphatic rings. The van der Waals surface area contributed by atoms with Crippen LogP contribution in [0.1, 0.15) is 26.5 Å². The van der Waals surface area contributed by atoms with E-state index in [1.54, 1.807) is 13.2 Å². The first-order valence-corrected chi connectivity index (χ1v) is 5.64. The van der Waals surface area contributed by atoms with Crippen LogP contribution in [0.4, 0.5) is 0 Å². The molecule has 3 heteroatoms. The van der Waals surface area contributed by atoms with Gasteiger partial charge in [-0.3, -0.25) is 4.79 Å². The summed E-state index contributed by atoms with van der Waals surface area (Å²) in [7, 11) is 1.61. The van der Waals surface area contributed by atoms with Crippen LogP contribution >= 0.6 is 0 Å². The van der Waals surface area contributed by atoms with Crippen molar-refractivity contribution in [2.45, 2.75) is 26.2 Å². The quantitative estimate of drug-likeness (QED) is 0.820. The zero-order chi connectivity index (χ0) is 12.6. The van der Waals surface area contributed by atoms with Gasteiger partial charge in [0.1, 0.15) is 5.75 Å². The maximum atomic E-state index is 12.0. The summed E-state index contributed by atoms with van der Waals surface area (Å²) in [5, 5.41) is 0.664. The Hall–Kier alpha value is -1.77. The Morgan fingerprint density at radius 3 is 2.53 bits per heavy atom. The molecule has 1 aromatic heterocycles. The number of para-hydroxylation sites is 1. The number of nitrogens with one attached hydrogen (secondary N) is 1. The average molecular weight is 231 g/mol.